The Balaban J connectivity index is 2.01. The molecule has 0 spiro atoms. The summed E-state index contributed by atoms with van der Waals surface area (Å²) in [5, 5.41) is 3.24. The first-order valence-corrected chi connectivity index (χ1v) is 8.60. The van der Waals surface area contributed by atoms with Crippen molar-refractivity contribution in [2.45, 2.75) is 44.7 Å². The van der Waals surface area contributed by atoms with Gasteiger partial charge in [-0.15, -0.1) is 0 Å². The highest BCUT2D eigenvalue weighted by atomic mass is 32.2. The Morgan fingerprint density at radius 2 is 2.11 bits per heavy atom. The number of carbonyl (C=O) groups excluding carboxylic acids is 1. The van der Waals surface area contributed by atoms with Crippen molar-refractivity contribution in [2.24, 2.45) is 0 Å². The van der Waals surface area contributed by atoms with Gasteiger partial charge in [-0.1, -0.05) is 6.42 Å². The van der Waals surface area contributed by atoms with Gasteiger partial charge >= 0.3 is 0 Å². The molecule has 0 aromatic heterocycles. The van der Waals surface area contributed by atoms with Crippen molar-refractivity contribution in [3.63, 3.8) is 0 Å². The minimum absolute atomic E-state index is 0.0827. The number of hydrogen-bond donors (Lipinski definition) is 1. The van der Waals surface area contributed by atoms with E-state index < -0.39 is 9.84 Å². The number of nitrogens with zero attached hydrogens (tertiary/aromatic N) is 1. The fourth-order valence-electron chi connectivity index (χ4n) is 2.88. The molecular formula is C12H22N2O3S. The topological polar surface area (TPSA) is 66.5 Å². The van der Waals surface area contributed by atoms with Crippen LogP contribution < -0.4 is 5.32 Å². The second-order valence-electron chi connectivity index (χ2n) is 5.18. The van der Waals surface area contributed by atoms with Crippen molar-refractivity contribution in [3.05, 3.63) is 0 Å². The maximum absolute atomic E-state index is 12.4. The van der Waals surface area contributed by atoms with Gasteiger partial charge in [-0.2, -0.15) is 0 Å². The Kier molecular flexibility index (Phi) is 4.27. The molecular weight excluding hydrogens is 252 g/mol. The van der Waals surface area contributed by atoms with E-state index in [0.29, 0.717) is 13.0 Å². The minimum atomic E-state index is -2.93. The fraction of sp³-hybridized carbons (Fsp3) is 0.917. The number of nitrogens with one attached hydrogen (secondary N) is 1. The third kappa shape index (κ3) is 3.03. The molecule has 0 aromatic carbocycles. The number of rotatable bonds is 3. The summed E-state index contributed by atoms with van der Waals surface area (Å²) in [6.07, 6.45) is 3.65. The van der Waals surface area contributed by atoms with E-state index in [1.165, 1.54) is 0 Å². The lowest BCUT2D eigenvalue weighted by Crippen LogP contribution is -2.52. The van der Waals surface area contributed by atoms with Crippen LogP contribution in [0.2, 0.25) is 0 Å². The SMILES string of the molecule is CCN(C(=O)[C@@H]1CCCCN1)C1CCS(=O)(=O)C1. The third-order valence-corrected chi connectivity index (χ3v) is 5.63. The van der Waals surface area contributed by atoms with Crippen LogP contribution in [0.3, 0.4) is 0 Å². The summed E-state index contributed by atoms with van der Waals surface area (Å²) in [5.41, 5.74) is 0. The largest absolute Gasteiger partial charge is 0.338 e. The zero-order valence-corrected chi connectivity index (χ0v) is 11.7. The monoisotopic (exact) mass is 274 g/mol. The van der Waals surface area contributed by atoms with Gasteiger partial charge in [-0.3, -0.25) is 4.79 Å². The molecule has 2 atom stereocenters. The van der Waals surface area contributed by atoms with Crippen LogP contribution in [0.25, 0.3) is 0 Å². The number of likely N-dealkylation sites (N-methyl/N-ethyl adjacent to an activating group) is 1. The smallest absolute Gasteiger partial charge is 0.239 e. The van der Waals surface area contributed by atoms with E-state index in [1.807, 2.05) is 6.92 Å². The number of sulfone groups is 1. The molecule has 1 unspecified atom stereocenters. The summed E-state index contributed by atoms with van der Waals surface area (Å²) in [4.78, 5) is 14.2. The van der Waals surface area contributed by atoms with Crippen LogP contribution in [0.5, 0.6) is 0 Å². The maximum atomic E-state index is 12.4. The average molecular weight is 274 g/mol. The molecule has 0 radical (unpaired) electrons. The molecule has 104 valence electrons. The molecule has 2 heterocycles. The normalized spacial score (nSPS) is 31.2. The van der Waals surface area contributed by atoms with E-state index in [1.54, 1.807) is 4.90 Å². The highest BCUT2D eigenvalue weighted by Gasteiger charge is 2.36. The van der Waals surface area contributed by atoms with Gasteiger partial charge in [0.15, 0.2) is 9.84 Å². The van der Waals surface area contributed by atoms with Crippen LogP contribution in [0.15, 0.2) is 0 Å². The van der Waals surface area contributed by atoms with Crippen LogP contribution >= 0.6 is 0 Å². The maximum Gasteiger partial charge on any atom is 0.239 e. The van der Waals surface area contributed by atoms with Crippen LogP contribution in [0.1, 0.15) is 32.6 Å². The van der Waals surface area contributed by atoms with Crippen molar-refractivity contribution >= 4 is 15.7 Å². The fourth-order valence-corrected chi connectivity index (χ4v) is 4.61. The minimum Gasteiger partial charge on any atom is -0.338 e. The second kappa shape index (κ2) is 5.57. The van der Waals surface area contributed by atoms with Crippen molar-refractivity contribution in [2.75, 3.05) is 24.6 Å². The van der Waals surface area contributed by atoms with Crippen molar-refractivity contribution in [3.8, 4) is 0 Å². The highest BCUT2D eigenvalue weighted by Crippen LogP contribution is 2.20. The van der Waals surface area contributed by atoms with Gasteiger partial charge in [-0.05, 0) is 32.7 Å². The summed E-state index contributed by atoms with van der Waals surface area (Å²) in [5.74, 6) is 0.443. The number of carbonyl (C=O) groups is 1. The zero-order valence-electron chi connectivity index (χ0n) is 10.9. The van der Waals surface area contributed by atoms with Crippen molar-refractivity contribution in [1.82, 2.24) is 10.2 Å². The van der Waals surface area contributed by atoms with Gasteiger partial charge in [0.05, 0.1) is 17.5 Å². The van der Waals surface area contributed by atoms with Crippen LogP contribution in [-0.4, -0.2) is 55.9 Å². The van der Waals surface area contributed by atoms with Crippen LogP contribution in [-0.2, 0) is 14.6 Å². The number of hydrogen-bond acceptors (Lipinski definition) is 4. The highest BCUT2D eigenvalue weighted by molar-refractivity contribution is 7.91. The average Bonchev–Trinajstić information content (AvgIpc) is 2.71. The second-order valence-corrected chi connectivity index (χ2v) is 7.41. The summed E-state index contributed by atoms with van der Waals surface area (Å²) in [7, 11) is -2.93. The molecule has 0 aromatic rings. The first-order valence-electron chi connectivity index (χ1n) is 6.78. The van der Waals surface area contributed by atoms with E-state index in [4.69, 9.17) is 0 Å². The van der Waals surface area contributed by atoms with Crippen molar-refractivity contribution < 1.29 is 13.2 Å². The van der Waals surface area contributed by atoms with Gasteiger partial charge in [0.25, 0.3) is 0 Å². The molecule has 2 rings (SSSR count). The van der Waals surface area contributed by atoms with Gasteiger partial charge in [0.2, 0.25) is 5.91 Å². The summed E-state index contributed by atoms with van der Waals surface area (Å²) in [6, 6.07) is -0.224. The zero-order chi connectivity index (χ0) is 13.2. The molecule has 2 saturated heterocycles. The first kappa shape index (κ1) is 13.8. The molecule has 0 bridgehead atoms. The molecule has 1 amide bonds. The Morgan fingerprint density at radius 3 is 2.61 bits per heavy atom. The van der Waals surface area contributed by atoms with Gasteiger partial charge in [0.1, 0.15) is 0 Å². The predicted molar refractivity (Wildman–Crippen MR) is 70.1 cm³/mol. The molecule has 6 heteroatoms. The lowest BCUT2D eigenvalue weighted by molar-refractivity contribution is -0.135. The van der Waals surface area contributed by atoms with E-state index >= 15 is 0 Å². The molecule has 0 saturated carbocycles. The van der Waals surface area contributed by atoms with Crippen LogP contribution in [0.4, 0.5) is 0 Å². The number of piperidine rings is 1. The van der Waals surface area contributed by atoms with E-state index in [0.717, 1.165) is 25.8 Å². The first-order chi connectivity index (χ1) is 8.53. The molecule has 0 aliphatic carbocycles. The Hall–Kier alpha value is -0.620. The number of amides is 1. The van der Waals surface area contributed by atoms with Gasteiger partial charge in [-0.25, -0.2) is 8.42 Å². The molecule has 1 N–H and O–H groups in total. The molecule has 2 aliphatic rings. The van der Waals surface area contributed by atoms with E-state index in [2.05, 4.69) is 5.32 Å². The molecule has 5 nitrogen and oxygen atoms in total. The lowest BCUT2D eigenvalue weighted by atomic mass is 10.0. The predicted octanol–water partition coefficient (Wildman–Crippen LogP) is 0.164. The quantitative estimate of drug-likeness (QED) is 0.796. The Labute approximate surface area is 109 Å². The lowest BCUT2D eigenvalue weighted by Gasteiger charge is -2.32. The standard InChI is InChI=1S/C12H22N2O3S/c1-2-14(10-6-8-18(16,17)9-10)12(15)11-5-3-4-7-13-11/h10-11,13H,2-9H2,1H3/t10?,11-/m0/s1. The third-order valence-electron chi connectivity index (χ3n) is 3.88. The van der Waals surface area contributed by atoms with E-state index in [9.17, 15) is 13.2 Å². The van der Waals surface area contributed by atoms with Crippen molar-refractivity contribution in [1.29, 1.82) is 0 Å². The van der Waals surface area contributed by atoms with Crippen LogP contribution in [0, 0.1) is 0 Å². The summed E-state index contributed by atoms with van der Waals surface area (Å²) < 4.78 is 23.0. The summed E-state index contributed by atoms with van der Waals surface area (Å²) >= 11 is 0. The van der Waals surface area contributed by atoms with E-state index in [-0.39, 0.29) is 29.5 Å². The Morgan fingerprint density at radius 1 is 1.33 bits per heavy atom. The van der Waals surface area contributed by atoms with Gasteiger partial charge < -0.3 is 10.2 Å². The van der Waals surface area contributed by atoms with Gasteiger partial charge in [0, 0.05) is 12.6 Å². The molecule has 2 aliphatic heterocycles. The molecule has 2 fully saturated rings. The summed E-state index contributed by atoms with van der Waals surface area (Å²) in [6.45, 7) is 3.40. The Bertz CT molecular complexity index is 402. The molecule has 18 heavy (non-hydrogen) atoms.